The third-order valence-electron chi connectivity index (χ3n) is 3.61. The van der Waals surface area contributed by atoms with Crippen molar-refractivity contribution in [3.05, 3.63) is 59.7 Å². The highest BCUT2D eigenvalue weighted by Gasteiger charge is 2.10. The molecule has 0 saturated heterocycles. The SMILES string of the molecule is CCCCCCc1ccc(C(=O)NNC(=O)c2ccncc2)nc1.Cl. The van der Waals surface area contributed by atoms with Gasteiger partial charge in [-0.3, -0.25) is 30.4 Å². The summed E-state index contributed by atoms with van der Waals surface area (Å²) < 4.78 is 0. The van der Waals surface area contributed by atoms with Crippen molar-refractivity contribution in [1.82, 2.24) is 20.8 Å². The predicted molar refractivity (Wildman–Crippen MR) is 98.5 cm³/mol. The van der Waals surface area contributed by atoms with E-state index in [0.717, 1.165) is 18.4 Å². The molecule has 2 heterocycles. The smallest absolute Gasteiger partial charge is 0.267 e. The van der Waals surface area contributed by atoms with Crippen molar-refractivity contribution < 1.29 is 9.59 Å². The van der Waals surface area contributed by atoms with Gasteiger partial charge in [-0.25, -0.2) is 0 Å². The molecule has 2 amide bonds. The van der Waals surface area contributed by atoms with Crippen LogP contribution in [0.4, 0.5) is 0 Å². The normalized spacial score (nSPS) is 9.80. The van der Waals surface area contributed by atoms with Crippen molar-refractivity contribution >= 4 is 24.2 Å². The molecule has 7 heteroatoms. The van der Waals surface area contributed by atoms with Crippen LogP contribution in [0.1, 0.15) is 59.0 Å². The van der Waals surface area contributed by atoms with Crippen molar-refractivity contribution in [3.63, 3.8) is 0 Å². The van der Waals surface area contributed by atoms with Crippen molar-refractivity contribution in [2.75, 3.05) is 0 Å². The number of hydrogen-bond donors (Lipinski definition) is 2. The van der Waals surface area contributed by atoms with Gasteiger partial charge in [0.25, 0.3) is 11.8 Å². The number of unbranched alkanes of at least 4 members (excludes halogenated alkanes) is 3. The Balaban J connectivity index is 0.00000312. The maximum absolute atomic E-state index is 12.0. The lowest BCUT2D eigenvalue weighted by Gasteiger charge is -2.07. The van der Waals surface area contributed by atoms with Gasteiger partial charge in [-0.05, 0) is 36.6 Å². The highest BCUT2D eigenvalue weighted by Crippen LogP contribution is 2.07. The van der Waals surface area contributed by atoms with Crippen LogP contribution in [0.25, 0.3) is 0 Å². The molecule has 0 spiro atoms. The van der Waals surface area contributed by atoms with Gasteiger partial charge in [-0.2, -0.15) is 0 Å². The number of amides is 2. The molecule has 0 fully saturated rings. The fourth-order valence-corrected chi connectivity index (χ4v) is 2.22. The Morgan fingerprint density at radius 2 is 1.68 bits per heavy atom. The van der Waals surface area contributed by atoms with Crippen LogP contribution in [0.3, 0.4) is 0 Å². The number of halogens is 1. The third kappa shape index (κ3) is 6.89. The number of rotatable bonds is 7. The number of aryl methyl sites for hydroxylation is 1. The van der Waals surface area contributed by atoms with Crippen molar-refractivity contribution in [2.24, 2.45) is 0 Å². The van der Waals surface area contributed by atoms with Crippen LogP contribution in [-0.4, -0.2) is 21.8 Å². The van der Waals surface area contributed by atoms with E-state index in [4.69, 9.17) is 0 Å². The van der Waals surface area contributed by atoms with E-state index in [0.29, 0.717) is 5.56 Å². The number of nitrogens with zero attached hydrogens (tertiary/aromatic N) is 2. The number of pyridine rings is 2. The summed E-state index contributed by atoms with van der Waals surface area (Å²) in [6.45, 7) is 2.18. The van der Waals surface area contributed by atoms with E-state index < -0.39 is 11.8 Å². The van der Waals surface area contributed by atoms with Crippen LogP contribution in [0.15, 0.2) is 42.9 Å². The zero-order valence-electron chi connectivity index (χ0n) is 14.2. The standard InChI is InChI=1S/C18H22N4O2.ClH/c1-2-3-4-5-6-14-7-8-16(20-13-14)18(24)22-21-17(23)15-9-11-19-12-10-15;/h7-13H,2-6H2,1H3,(H,21,23)(H,22,24);1H. The zero-order chi connectivity index (χ0) is 17.2. The minimum Gasteiger partial charge on any atom is -0.267 e. The second-order valence-corrected chi connectivity index (χ2v) is 5.51. The van der Waals surface area contributed by atoms with Crippen LogP contribution in [0.5, 0.6) is 0 Å². The monoisotopic (exact) mass is 362 g/mol. The van der Waals surface area contributed by atoms with E-state index in [1.54, 1.807) is 24.4 Å². The first-order valence-electron chi connectivity index (χ1n) is 8.16. The van der Waals surface area contributed by atoms with Gasteiger partial charge in [0.2, 0.25) is 0 Å². The molecule has 0 aliphatic rings. The first-order chi connectivity index (χ1) is 11.7. The molecule has 2 N–H and O–H groups in total. The molecule has 0 atom stereocenters. The summed E-state index contributed by atoms with van der Waals surface area (Å²) in [6, 6.07) is 6.70. The van der Waals surface area contributed by atoms with Gasteiger partial charge >= 0.3 is 0 Å². The van der Waals surface area contributed by atoms with Gasteiger partial charge in [0.1, 0.15) is 5.69 Å². The van der Waals surface area contributed by atoms with Crippen LogP contribution >= 0.6 is 12.4 Å². The summed E-state index contributed by atoms with van der Waals surface area (Å²) in [4.78, 5) is 31.8. The van der Waals surface area contributed by atoms with E-state index in [-0.39, 0.29) is 18.1 Å². The zero-order valence-corrected chi connectivity index (χ0v) is 15.0. The molecule has 0 saturated carbocycles. The summed E-state index contributed by atoms with van der Waals surface area (Å²) in [5.74, 6) is -0.853. The number of hydrazine groups is 1. The Labute approximate surface area is 153 Å². The molecule has 6 nitrogen and oxygen atoms in total. The molecule has 2 rings (SSSR count). The lowest BCUT2D eigenvalue weighted by atomic mass is 10.1. The Kier molecular flexibility index (Phi) is 9.17. The largest absolute Gasteiger partial charge is 0.288 e. The maximum atomic E-state index is 12.0. The second kappa shape index (κ2) is 11.1. The van der Waals surface area contributed by atoms with E-state index in [9.17, 15) is 9.59 Å². The highest BCUT2D eigenvalue weighted by molar-refractivity contribution is 5.98. The van der Waals surface area contributed by atoms with Crippen LogP contribution in [0, 0.1) is 0 Å². The van der Waals surface area contributed by atoms with E-state index in [1.165, 1.54) is 31.7 Å². The fourth-order valence-electron chi connectivity index (χ4n) is 2.22. The van der Waals surface area contributed by atoms with E-state index >= 15 is 0 Å². The molecule has 0 radical (unpaired) electrons. The summed E-state index contributed by atoms with van der Waals surface area (Å²) in [6.07, 6.45) is 10.5. The molecule has 25 heavy (non-hydrogen) atoms. The quantitative estimate of drug-likeness (QED) is 0.585. The summed E-state index contributed by atoms with van der Waals surface area (Å²) >= 11 is 0. The van der Waals surface area contributed by atoms with Gasteiger partial charge in [0, 0.05) is 24.2 Å². The minimum atomic E-state index is -0.449. The molecular weight excluding hydrogens is 340 g/mol. The number of carbonyl (C=O) groups is 2. The minimum absolute atomic E-state index is 0. The number of hydrogen-bond acceptors (Lipinski definition) is 4. The molecular formula is C18H23ClN4O2. The van der Waals surface area contributed by atoms with Gasteiger partial charge in [0.15, 0.2) is 0 Å². The molecule has 2 aromatic heterocycles. The predicted octanol–water partition coefficient (Wildman–Crippen LogP) is 3.10. The molecule has 0 bridgehead atoms. The number of aromatic nitrogens is 2. The average molecular weight is 363 g/mol. The molecule has 134 valence electrons. The van der Waals surface area contributed by atoms with Crippen LogP contribution in [0.2, 0.25) is 0 Å². The maximum Gasteiger partial charge on any atom is 0.288 e. The Morgan fingerprint density at radius 3 is 2.32 bits per heavy atom. The summed E-state index contributed by atoms with van der Waals surface area (Å²) in [5.41, 5.74) is 6.51. The first kappa shape index (κ1) is 20.6. The first-order valence-corrected chi connectivity index (χ1v) is 8.16. The van der Waals surface area contributed by atoms with Gasteiger partial charge in [-0.1, -0.05) is 32.3 Å². The number of nitrogens with one attached hydrogen (secondary N) is 2. The molecule has 0 unspecified atom stereocenters. The molecule has 0 aliphatic heterocycles. The summed E-state index contributed by atoms with van der Waals surface area (Å²) in [5, 5.41) is 0. The van der Waals surface area contributed by atoms with Crippen molar-refractivity contribution in [1.29, 1.82) is 0 Å². The Morgan fingerprint density at radius 1 is 0.960 bits per heavy atom. The number of carbonyl (C=O) groups excluding carboxylic acids is 2. The average Bonchev–Trinajstić information content (AvgIpc) is 2.64. The highest BCUT2D eigenvalue weighted by atomic mass is 35.5. The van der Waals surface area contributed by atoms with Crippen molar-refractivity contribution in [2.45, 2.75) is 39.0 Å². The van der Waals surface area contributed by atoms with Crippen molar-refractivity contribution in [3.8, 4) is 0 Å². The fraction of sp³-hybridized carbons (Fsp3) is 0.333. The van der Waals surface area contributed by atoms with E-state index in [1.807, 2.05) is 6.07 Å². The lowest BCUT2D eigenvalue weighted by Crippen LogP contribution is -2.41. The molecule has 0 aromatic carbocycles. The summed E-state index contributed by atoms with van der Waals surface area (Å²) in [7, 11) is 0. The van der Waals surface area contributed by atoms with Crippen LogP contribution in [-0.2, 0) is 6.42 Å². The van der Waals surface area contributed by atoms with Crippen LogP contribution < -0.4 is 10.9 Å². The lowest BCUT2D eigenvalue weighted by molar-refractivity contribution is 0.0844. The topological polar surface area (TPSA) is 84.0 Å². The Bertz CT molecular complexity index is 663. The molecule has 2 aromatic rings. The third-order valence-corrected chi connectivity index (χ3v) is 3.61. The van der Waals surface area contributed by atoms with Gasteiger partial charge < -0.3 is 0 Å². The second-order valence-electron chi connectivity index (χ2n) is 5.51. The van der Waals surface area contributed by atoms with Gasteiger partial charge in [-0.15, -0.1) is 12.4 Å². The van der Waals surface area contributed by atoms with Gasteiger partial charge in [0.05, 0.1) is 0 Å². The van der Waals surface area contributed by atoms with E-state index in [2.05, 4.69) is 27.7 Å². The Hall–Kier alpha value is -2.47. The molecule has 0 aliphatic carbocycles.